The highest BCUT2D eigenvalue weighted by Crippen LogP contribution is 2.47. The number of allylic oxidation sites excluding steroid dienone is 2. The summed E-state index contributed by atoms with van der Waals surface area (Å²) in [5.74, 6) is -0.189. The number of aromatic nitrogens is 1. The Labute approximate surface area is 523 Å². The van der Waals surface area contributed by atoms with Gasteiger partial charge in [0.1, 0.15) is 23.0 Å². The fourth-order valence-corrected chi connectivity index (χ4v) is 12.6. The molecule has 0 fully saturated rings. The lowest BCUT2D eigenvalue weighted by Gasteiger charge is -2.31. The largest absolute Gasteiger partial charge is 0.872 e. The van der Waals surface area contributed by atoms with Gasteiger partial charge in [-0.3, -0.25) is 4.98 Å². The van der Waals surface area contributed by atoms with Crippen molar-refractivity contribution in [3.05, 3.63) is 220 Å². The van der Waals surface area contributed by atoms with Crippen LogP contribution in [0.15, 0.2) is 192 Å². The molecule has 0 amide bonds. The zero-order chi connectivity index (χ0) is 65.5. The number of hydrogen-bond donors (Lipinski definition) is 9. The lowest BCUT2D eigenvalue weighted by molar-refractivity contribution is -0.271. The minimum Gasteiger partial charge on any atom is -0.872 e. The van der Waals surface area contributed by atoms with Crippen molar-refractivity contribution in [1.29, 1.82) is 0 Å². The van der Waals surface area contributed by atoms with E-state index >= 15 is 0 Å². The van der Waals surface area contributed by atoms with Gasteiger partial charge < -0.3 is 51.1 Å². The highest BCUT2D eigenvalue weighted by molar-refractivity contribution is 8.00. The van der Waals surface area contributed by atoms with E-state index in [0.29, 0.717) is 17.3 Å². The molecule has 9 N–H and O–H groups in total. The number of pyridine rings is 1. The van der Waals surface area contributed by atoms with Crippen LogP contribution < -0.4 is 31.0 Å². The number of benzene rings is 7. The number of fused-ring (bicyclic) bond motifs is 3. The van der Waals surface area contributed by atoms with E-state index in [-0.39, 0.29) is 70.5 Å². The van der Waals surface area contributed by atoms with Crippen LogP contribution in [0.4, 0.5) is 5.69 Å². The average molecular weight is 1240 g/mol. The zero-order valence-electron chi connectivity index (χ0n) is 52.4. The van der Waals surface area contributed by atoms with E-state index in [1.165, 1.54) is 11.6 Å². The first-order valence-electron chi connectivity index (χ1n) is 29.1. The van der Waals surface area contributed by atoms with Gasteiger partial charge in [0.25, 0.3) is 7.64 Å². The Bertz CT molecular complexity index is 3450. The van der Waals surface area contributed by atoms with Gasteiger partial charge in [-0.05, 0) is 128 Å². The van der Waals surface area contributed by atoms with Gasteiger partial charge in [0, 0.05) is 27.8 Å². The number of aliphatic hydroxyl groups is 7. The number of nitrogens with zero attached hydrogens (tertiary/aromatic N) is 2. The molecule has 88 heavy (non-hydrogen) atoms. The number of thioether (sulfide) groups is 1. The van der Waals surface area contributed by atoms with Crippen molar-refractivity contribution in [2.45, 2.75) is 141 Å². The van der Waals surface area contributed by atoms with Crippen molar-refractivity contribution in [3.63, 3.8) is 0 Å². The molecule has 0 spiro atoms. The maximum atomic E-state index is 12.1. The Morgan fingerprint density at radius 3 is 1.69 bits per heavy atom. The Hall–Kier alpha value is -6.89. The van der Waals surface area contributed by atoms with E-state index in [0.717, 1.165) is 54.1 Å². The van der Waals surface area contributed by atoms with Crippen LogP contribution in [0.25, 0.3) is 21.7 Å². The summed E-state index contributed by atoms with van der Waals surface area (Å²) in [6.07, 6.45) is 6.94. The predicted octanol–water partition coefficient (Wildman–Crippen LogP) is 10.7. The van der Waals surface area contributed by atoms with Crippen LogP contribution in [0.5, 0.6) is 17.2 Å². The topological polar surface area (TPSA) is 285 Å². The van der Waals surface area contributed by atoms with Crippen LogP contribution in [-0.2, 0) is 10.8 Å². The molecule has 1 aromatic heterocycles. The zero-order valence-corrected chi connectivity index (χ0v) is 54.2. The maximum Gasteiger partial charge on any atom is 0.277 e. The van der Waals surface area contributed by atoms with Gasteiger partial charge in [0.05, 0.1) is 47.9 Å². The quantitative estimate of drug-likeness (QED) is 0.0369. The van der Waals surface area contributed by atoms with Crippen LogP contribution in [0.3, 0.4) is 0 Å². The lowest BCUT2D eigenvalue weighted by Crippen LogP contribution is -2.33. The van der Waals surface area contributed by atoms with Crippen molar-refractivity contribution in [3.8, 4) is 17.2 Å². The third-order valence-electron chi connectivity index (χ3n) is 14.1. The third kappa shape index (κ3) is 21.4. The van der Waals surface area contributed by atoms with E-state index in [1.54, 1.807) is 75.2 Å². The summed E-state index contributed by atoms with van der Waals surface area (Å²) in [4.78, 5) is 26.4. The average Bonchev–Trinajstić information content (AvgIpc) is 3.65. The van der Waals surface area contributed by atoms with Gasteiger partial charge in [-0.25, -0.2) is 4.89 Å². The molecular formula is C71H88N3O12PS-2. The number of nitroso groups, excluding NO2 is 1. The van der Waals surface area contributed by atoms with Gasteiger partial charge in [-0.1, -0.05) is 204 Å². The van der Waals surface area contributed by atoms with Gasteiger partial charge >= 0.3 is 0 Å². The van der Waals surface area contributed by atoms with E-state index in [4.69, 9.17) is 25.5 Å². The normalized spacial score (nSPS) is 16.7. The molecule has 7 unspecified atom stereocenters. The molecule has 1 aliphatic heterocycles. The Morgan fingerprint density at radius 1 is 0.648 bits per heavy atom. The van der Waals surface area contributed by atoms with Gasteiger partial charge in [-0.15, -0.1) is 27.5 Å². The molecule has 472 valence electrons. The van der Waals surface area contributed by atoms with Crippen LogP contribution in [0, 0.1) is 31.6 Å². The van der Waals surface area contributed by atoms with Crippen LogP contribution in [0.2, 0.25) is 0 Å². The standard InChI is InChI=1S/C15H24O.C13H15NO2P.C11H11NO.C10H7NO2.C10H12O2S.C7H10O2.C5H12O2/c1-10-8-11(14(2,3)4)9-12(13(10)16)15(5,6)7;15-11-14-17(16,12-7-3-1-4-8-12)13-9-5-2-6-10-13;1-7-6-8(2)11(13)10-9(7)4-3-5-12-10;12-9-6-5-7-3-1-2-4-8(7)10(9)11-13;1-6(11)10-9(12)7-4-2-3-5-8(7)13-10;8-5-6-3-1-2-4-7(6)9;1-4(6)3-5(2)7/h8-9,16H,1-7H3;1-10,14-16H,11H2;3-6,13H,1-2H3;1-6,12H;2-6,9-12H,1H3;1-4,6-9H,5H2;4-7H,3H2,1-2H3/q;+1;;;;;/p-3. The van der Waals surface area contributed by atoms with Crippen LogP contribution in [0.1, 0.15) is 108 Å². The SMILES string of the molecule is CC(O)C1Sc2ccccc2C1O.CC(O)CC(C)O.Cc1cc(C(C)(C)C)cc(C(C)(C)C)c1[O-].Cc1cc(C)c2cccnc2c1[O-].O=Nc1c([O-])ccc2ccccc12.OCC1C=CC=CC1O.OCN[P+](O)(c1ccccc1)c1ccccc1. The molecule has 0 bridgehead atoms. The van der Waals surface area contributed by atoms with Crippen molar-refractivity contribution in [2.75, 3.05) is 13.3 Å². The van der Waals surface area contributed by atoms with Crippen LogP contribution in [-0.4, -0.2) is 88.6 Å². The van der Waals surface area contributed by atoms with Crippen molar-refractivity contribution in [1.82, 2.24) is 10.1 Å². The number of hydrogen-bond acceptors (Lipinski definition) is 16. The van der Waals surface area contributed by atoms with Gasteiger partial charge in [0.2, 0.25) is 0 Å². The summed E-state index contributed by atoms with van der Waals surface area (Å²) in [5, 5.41) is 107. The molecule has 0 radical (unpaired) electrons. The number of rotatable bonds is 9. The Balaban J connectivity index is 0.000000223. The molecule has 2 heterocycles. The second-order valence-corrected chi connectivity index (χ2v) is 27.4. The fourth-order valence-electron chi connectivity index (χ4n) is 9.26. The van der Waals surface area contributed by atoms with E-state index in [1.807, 2.05) is 148 Å². The fraction of sp³-hybridized carbons (Fsp3) is 0.338. The summed E-state index contributed by atoms with van der Waals surface area (Å²) in [5.41, 5.74) is 6.45. The van der Waals surface area contributed by atoms with Crippen molar-refractivity contribution >= 4 is 57.4 Å². The molecule has 8 aromatic rings. The predicted molar refractivity (Wildman–Crippen MR) is 355 cm³/mol. The molecule has 7 aromatic carbocycles. The lowest BCUT2D eigenvalue weighted by atomic mass is 9.79. The molecule has 0 saturated carbocycles. The second-order valence-electron chi connectivity index (χ2n) is 23.6. The molecule has 10 rings (SSSR count). The van der Waals surface area contributed by atoms with Crippen molar-refractivity contribution in [2.24, 2.45) is 11.1 Å². The first-order chi connectivity index (χ1) is 41.5. The molecule has 2 aliphatic rings. The summed E-state index contributed by atoms with van der Waals surface area (Å²) < 4.78 is 0. The highest BCUT2D eigenvalue weighted by Gasteiger charge is 2.41. The number of aliphatic hydroxyl groups excluding tert-OH is 7. The minimum absolute atomic E-state index is 0.00176. The smallest absolute Gasteiger partial charge is 0.277 e. The summed E-state index contributed by atoms with van der Waals surface area (Å²) in [6.45, 7) is 23.3. The maximum absolute atomic E-state index is 12.1. The minimum atomic E-state index is -2.67. The summed E-state index contributed by atoms with van der Waals surface area (Å²) in [7, 11) is -2.67. The highest BCUT2D eigenvalue weighted by atomic mass is 32.2. The Kier molecular flexibility index (Phi) is 29.1. The number of aryl methyl sites for hydroxylation is 3. The first-order valence-corrected chi connectivity index (χ1v) is 31.7. The second kappa shape index (κ2) is 34.8. The van der Waals surface area contributed by atoms with E-state index in [9.17, 15) is 35.3 Å². The molecule has 15 nitrogen and oxygen atoms in total. The van der Waals surface area contributed by atoms with E-state index in [2.05, 4.69) is 62.9 Å². The van der Waals surface area contributed by atoms with Gasteiger partial charge in [-0.2, -0.15) is 0 Å². The first kappa shape index (κ1) is 73.6. The molecular weight excluding hydrogens is 1150 g/mol. The number of nitrogens with one attached hydrogen (secondary N) is 1. The monoisotopic (exact) mass is 1240 g/mol. The van der Waals surface area contributed by atoms with E-state index < -0.39 is 26.0 Å². The van der Waals surface area contributed by atoms with Gasteiger partial charge in [0.15, 0.2) is 0 Å². The Morgan fingerprint density at radius 2 is 1.19 bits per heavy atom. The molecule has 7 atom stereocenters. The molecule has 17 heteroatoms. The summed E-state index contributed by atoms with van der Waals surface area (Å²) in [6, 6.07) is 46.5. The molecule has 1 aliphatic carbocycles. The molecule has 0 saturated heterocycles. The summed E-state index contributed by atoms with van der Waals surface area (Å²) >= 11 is 1.55. The van der Waals surface area contributed by atoms with Crippen LogP contribution >= 0.6 is 19.4 Å². The van der Waals surface area contributed by atoms with Crippen molar-refractivity contribution < 1.29 is 56.0 Å². The third-order valence-corrected chi connectivity index (χ3v) is 18.3.